The molecule has 2 heteroatoms. The highest BCUT2D eigenvalue weighted by Crippen LogP contribution is 2.36. The fourth-order valence-corrected chi connectivity index (χ4v) is 1.72. The van der Waals surface area contributed by atoms with Gasteiger partial charge in [0.25, 0.3) is 0 Å². The zero-order valence-electron chi connectivity index (χ0n) is 5.97. The lowest BCUT2D eigenvalue weighted by Crippen LogP contribution is -2.65. The topological polar surface area (TPSA) is 12.5 Å². The van der Waals surface area contributed by atoms with Crippen LogP contribution in [0.1, 0.15) is 0 Å². The van der Waals surface area contributed by atoms with Crippen molar-refractivity contribution in [3.63, 3.8) is 0 Å². The van der Waals surface area contributed by atoms with Crippen LogP contribution in [0.15, 0.2) is 0 Å². The summed E-state index contributed by atoms with van der Waals surface area (Å²) in [5, 5.41) is 0. The first-order valence-electron chi connectivity index (χ1n) is 3.58. The van der Waals surface area contributed by atoms with Gasteiger partial charge < -0.3 is 4.74 Å². The molecule has 0 bridgehead atoms. The van der Waals surface area contributed by atoms with Gasteiger partial charge in [-0.1, -0.05) is 5.92 Å². The Morgan fingerprint density at radius 1 is 1.50 bits per heavy atom. The summed E-state index contributed by atoms with van der Waals surface area (Å²) in [6.45, 7) is 5.01. The highest BCUT2D eigenvalue weighted by Gasteiger charge is 2.48. The SMILES string of the molecule is C#CCN1CC2(COC2)C1. The minimum absolute atomic E-state index is 0.525. The first-order chi connectivity index (χ1) is 4.85. The molecule has 1 spiro atoms. The van der Waals surface area contributed by atoms with E-state index in [0.717, 1.165) is 32.8 Å². The van der Waals surface area contributed by atoms with Crippen LogP contribution in [0, 0.1) is 17.8 Å². The van der Waals surface area contributed by atoms with Crippen LogP contribution < -0.4 is 0 Å². The van der Waals surface area contributed by atoms with Crippen LogP contribution in [-0.2, 0) is 4.74 Å². The molecule has 0 unspecified atom stereocenters. The molecule has 0 N–H and O–H groups in total. The summed E-state index contributed by atoms with van der Waals surface area (Å²) in [5.41, 5.74) is 0.525. The van der Waals surface area contributed by atoms with Gasteiger partial charge in [-0.3, -0.25) is 4.90 Å². The van der Waals surface area contributed by atoms with E-state index in [9.17, 15) is 0 Å². The largest absolute Gasteiger partial charge is 0.380 e. The summed E-state index contributed by atoms with van der Waals surface area (Å²) in [7, 11) is 0. The summed E-state index contributed by atoms with van der Waals surface area (Å²) >= 11 is 0. The van der Waals surface area contributed by atoms with E-state index in [-0.39, 0.29) is 0 Å². The van der Waals surface area contributed by atoms with E-state index in [2.05, 4.69) is 10.8 Å². The zero-order valence-corrected chi connectivity index (χ0v) is 5.97. The molecular weight excluding hydrogens is 126 g/mol. The molecule has 2 aliphatic heterocycles. The normalized spacial score (nSPS) is 28.7. The first kappa shape index (κ1) is 6.21. The molecule has 0 amide bonds. The summed E-state index contributed by atoms with van der Waals surface area (Å²) in [6, 6.07) is 0. The molecule has 0 saturated carbocycles. The number of hydrogen-bond acceptors (Lipinski definition) is 2. The van der Waals surface area contributed by atoms with Gasteiger partial charge in [0.2, 0.25) is 0 Å². The van der Waals surface area contributed by atoms with Crippen molar-refractivity contribution in [3.8, 4) is 12.3 Å². The molecule has 2 fully saturated rings. The van der Waals surface area contributed by atoms with Crippen LogP contribution in [0.4, 0.5) is 0 Å². The van der Waals surface area contributed by atoms with Crippen molar-refractivity contribution in [1.29, 1.82) is 0 Å². The van der Waals surface area contributed by atoms with Crippen LogP contribution in [0.5, 0.6) is 0 Å². The molecule has 2 nitrogen and oxygen atoms in total. The van der Waals surface area contributed by atoms with Crippen molar-refractivity contribution in [1.82, 2.24) is 4.90 Å². The Hall–Kier alpha value is -0.520. The molecule has 2 aliphatic rings. The summed E-state index contributed by atoms with van der Waals surface area (Å²) in [5.74, 6) is 2.64. The molecule has 0 aromatic heterocycles. The molecule has 10 heavy (non-hydrogen) atoms. The van der Waals surface area contributed by atoms with Crippen LogP contribution in [0.2, 0.25) is 0 Å². The van der Waals surface area contributed by atoms with Crippen molar-refractivity contribution < 1.29 is 4.74 Å². The maximum Gasteiger partial charge on any atom is 0.0599 e. The first-order valence-corrected chi connectivity index (χ1v) is 3.58. The highest BCUT2D eigenvalue weighted by atomic mass is 16.5. The van der Waals surface area contributed by atoms with E-state index in [0.29, 0.717) is 5.41 Å². The number of hydrogen-bond donors (Lipinski definition) is 0. The van der Waals surface area contributed by atoms with E-state index >= 15 is 0 Å². The van der Waals surface area contributed by atoms with Crippen molar-refractivity contribution in [3.05, 3.63) is 0 Å². The van der Waals surface area contributed by atoms with E-state index < -0.39 is 0 Å². The molecule has 2 heterocycles. The maximum absolute atomic E-state index is 5.16. The minimum atomic E-state index is 0.525. The van der Waals surface area contributed by atoms with Crippen molar-refractivity contribution in [2.24, 2.45) is 5.41 Å². The Morgan fingerprint density at radius 3 is 2.60 bits per heavy atom. The third-order valence-corrected chi connectivity index (χ3v) is 2.25. The Kier molecular flexibility index (Phi) is 1.23. The fourth-order valence-electron chi connectivity index (χ4n) is 1.72. The molecule has 0 atom stereocenters. The third-order valence-electron chi connectivity index (χ3n) is 2.25. The van der Waals surface area contributed by atoms with Gasteiger partial charge in [0.15, 0.2) is 0 Å². The zero-order chi connectivity index (χ0) is 7.03. The van der Waals surface area contributed by atoms with E-state index in [4.69, 9.17) is 11.2 Å². The number of nitrogens with zero attached hydrogens (tertiary/aromatic N) is 1. The molecular formula is C8H11NO. The fraction of sp³-hybridized carbons (Fsp3) is 0.750. The van der Waals surface area contributed by atoms with Crippen molar-refractivity contribution in [2.45, 2.75) is 0 Å². The van der Waals surface area contributed by atoms with Crippen molar-refractivity contribution >= 4 is 0 Å². The quantitative estimate of drug-likeness (QED) is 0.470. The predicted octanol–water partition coefficient (Wildman–Crippen LogP) is -0.0482. The molecule has 0 aliphatic carbocycles. The van der Waals surface area contributed by atoms with Crippen LogP contribution >= 0.6 is 0 Å². The lowest BCUT2D eigenvalue weighted by Gasteiger charge is -2.54. The molecule has 0 aromatic rings. The number of terminal acetylenes is 1. The highest BCUT2D eigenvalue weighted by molar-refractivity contribution is 5.03. The monoisotopic (exact) mass is 137 g/mol. The minimum Gasteiger partial charge on any atom is -0.380 e. The van der Waals surface area contributed by atoms with Gasteiger partial charge in [0.05, 0.1) is 19.8 Å². The Balaban J connectivity index is 1.78. The molecule has 54 valence electrons. The number of rotatable bonds is 1. The predicted molar refractivity (Wildman–Crippen MR) is 38.5 cm³/mol. The number of ether oxygens (including phenoxy) is 1. The second-order valence-corrected chi connectivity index (χ2v) is 3.34. The van der Waals surface area contributed by atoms with Crippen LogP contribution in [-0.4, -0.2) is 37.7 Å². The standard InChI is InChI=1S/C8H11NO/c1-2-3-9-4-8(5-9)6-10-7-8/h1H,3-7H2. The van der Waals surface area contributed by atoms with Crippen molar-refractivity contribution in [2.75, 3.05) is 32.8 Å². The molecule has 0 aromatic carbocycles. The van der Waals surface area contributed by atoms with E-state index in [1.165, 1.54) is 0 Å². The van der Waals surface area contributed by atoms with Gasteiger partial charge in [-0.15, -0.1) is 6.42 Å². The average molecular weight is 137 g/mol. The Bertz CT molecular complexity index is 170. The van der Waals surface area contributed by atoms with E-state index in [1.54, 1.807) is 0 Å². The van der Waals surface area contributed by atoms with Gasteiger partial charge in [0, 0.05) is 18.5 Å². The Labute approximate surface area is 61.2 Å². The lowest BCUT2D eigenvalue weighted by molar-refractivity contribution is -0.185. The smallest absolute Gasteiger partial charge is 0.0599 e. The van der Waals surface area contributed by atoms with Gasteiger partial charge in [-0.2, -0.15) is 0 Å². The van der Waals surface area contributed by atoms with Gasteiger partial charge in [-0.05, 0) is 0 Å². The number of likely N-dealkylation sites (tertiary alicyclic amines) is 1. The van der Waals surface area contributed by atoms with Gasteiger partial charge in [0.1, 0.15) is 0 Å². The maximum atomic E-state index is 5.16. The van der Waals surface area contributed by atoms with Crippen LogP contribution in [0.25, 0.3) is 0 Å². The second kappa shape index (κ2) is 1.98. The van der Waals surface area contributed by atoms with Gasteiger partial charge in [-0.25, -0.2) is 0 Å². The average Bonchev–Trinajstić information content (AvgIpc) is 1.72. The Morgan fingerprint density at radius 2 is 2.20 bits per heavy atom. The summed E-state index contributed by atoms with van der Waals surface area (Å²) < 4.78 is 5.13. The molecule has 0 radical (unpaired) electrons. The summed E-state index contributed by atoms with van der Waals surface area (Å²) in [6.07, 6.45) is 5.16. The van der Waals surface area contributed by atoms with Crippen LogP contribution in [0.3, 0.4) is 0 Å². The molecule has 2 saturated heterocycles. The lowest BCUT2D eigenvalue weighted by atomic mass is 9.78. The molecule has 2 rings (SSSR count). The van der Waals surface area contributed by atoms with Gasteiger partial charge >= 0.3 is 0 Å². The summed E-state index contributed by atoms with van der Waals surface area (Å²) in [4.78, 5) is 2.28. The van der Waals surface area contributed by atoms with E-state index in [1.807, 2.05) is 0 Å². The second-order valence-electron chi connectivity index (χ2n) is 3.34. The third kappa shape index (κ3) is 0.749.